The molecule has 0 aliphatic rings. The van der Waals surface area contributed by atoms with Crippen LogP contribution in [0, 0.1) is 0 Å². The summed E-state index contributed by atoms with van der Waals surface area (Å²) in [4.78, 5) is 8.73. The zero-order valence-corrected chi connectivity index (χ0v) is 8.18. The summed E-state index contributed by atoms with van der Waals surface area (Å²) in [6.07, 6.45) is 1.13. The number of hydrogen-bond donors (Lipinski definition) is 0. The quantitative estimate of drug-likeness (QED) is 0.558. The van der Waals surface area contributed by atoms with Crippen LogP contribution in [0.2, 0.25) is 0 Å². The topological polar surface area (TPSA) is 24.7 Å². The minimum absolute atomic E-state index is 0.144. The number of aliphatic imine (C=N–C) groups is 2. The normalized spacial score (nSPS) is 9.64. The van der Waals surface area contributed by atoms with Gasteiger partial charge in [0.05, 0.1) is 0 Å². The molecule has 0 saturated heterocycles. The third-order valence-corrected chi connectivity index (χ3v) is 1.18. The van der Waals surface area contributed by atoms with Crippen LogP contribution in [-0.2, 0) is 0 Å². The summed E-state index contributed by atoms with van der Waals surface area (Å²) in [6, 6.07) is 0. The van der Waals surface area contributed by atoms with Gasteiger partial charge in [-0.2, -0.15) is 0 Å². The van der Waals surface area contributed by atoms with Crippen molar-refractivity contribution in [2.45, 2.75) is 47.2 Å². The van der Waals surface area contributed by atoms with Crippen molar-refractivity contribution in [2.75, 3.05) is 0 Å². The molecule has 0 rings (SSSR count). The lowest BCUT2D eigenvalue weighted by molar-refractivity contribution is 0.685. The molecule has 0 aromatic heterocycles. The number of hydrogen-bond acceptors (Lipinski definition) is 2. The molecule has 0 aromatic rings. The highest BCUT2D eigenvalue weighted by Crippen LogP contribution is 2.00. The average molecular weight is 154 g/mol. The summed E-state index contributed by atoms with van der Waals surface area (Å²) >= 11 is 0. The van der Waals surface area contributed by atoms with E-state index in [2.05, 4.69) is 16.9 Å². The van der Waals surface area contributed by atoms with Gasteiger partial charge in [0.25, 0.3) is 0 Å². The minimum Gasteiger partial charge on any atom is -0.268 e. The Morgan fingerprint density at radius 1 is 1.00 bits per heavy atom. The zero-order chi connectivity index (χ0) is 8.85. The Labute approximate surface area is 69.4 Å². The Kier molecular flexibility index (Phi) is 4.75. The lowest BCUT2D eigenvalue weighted by Gasteiger charge is -2.04. The van der Waals surface area contributed by atoms with Gasteiger partial charge in [0.15, 0.2) is 0 Å². The van der Waals surface area contributed by atoms with Gasteiger partial charge in [0, 0.05) is 11.4 Å². The summed E-state index contributed by atoms with van der Waals surface area (Å²) in [5.74, 6) is 0. The summed E-state index contributed by atoms with van der Waals surface area (Å²) < 4.78 is 0. The van der Waals surface area contributed by atoms with E-state index in [1.165, 1.54) is 0 Å². The van der Waals surface area contributed by atoms with E-state index in [-0.39, 0.29) is 6.17 Å². The third-order valence-electron chi connectivity index (χ3n) is 1.18. The molecule has 0 radical (unpaired) electrons. The molecule has 2 nitrogen and oxygen atoms in total. The Balaban J connectivity index is 4.19. The van der Waals surface area contributed by atoms with Crippen LogP contribution in [0.15, 0.2) is 9.98 Å². The maximum absolute atomic E-state index is 4.36. The van der Waals surface area contributed by atoms with Gasteiger partial charge in [-0.3, -0.25) is 9.98 Å². The van der Waals surface area contributed by atoms with Crippen LogP contribution < -0.4 is 0 Å². The number of rotatable bonds is 3. The number of nitrogens with zero attached hydrogens (tertiary/aromatic N) is 2. The molecule has 0 aliphatic carbocycles. The Morgan fingerprint density at radius 3 is 1.55 bits per heavy atom. The highest BCUT2D eigenvalue weighted by molar-refractivity contribution is 5.81. The molecule has 2 heteroatoms. The fourth-order valence-electron chi connectivity index (χ4n) is 0.808. The van der Waals surface area contributed by atoms with E-state index in [9.17, 15) is 0 Å². The van der Waals surface area contributed by atoms with E-state index in [0.29, 0.717) is 0 Å². The van der Waals surface area contributed by atoms with E-state index < -0.39 is 0 Å². The molecule has 64 valence electrons. The lowest BCUT2D eigenvalue weighted by Crippen LogP contribution is -2.03. The highest BCUT2D eigenvalue weighted by atomic mass is 15.0. The average Bonchev–Trinajstić information content (AvgIpc) is 1.84. The second kappa shape index (κ2) is 5.05. The van der Waals surface area contributed by atoms with Crippen molar-refractivity contribution >= 4 is 11.4 Å². The molecule has 0 aromatic carbocycles. The maximum Gasteiger partial charge on any atom is 0.139 e. The van der Waals surface area contributed by atoms with Crippen molar-refractivity contribution in [2.24, 2.45) is 9.98 Å². The molecule has 0 heterocycles. The molecular weight excluding hydrogens is 136 g/mol. The van der Waals surface area contributed by atoms with Gasteiger partial charge in [-0.05, 0) is 34.1 Å². The SMILES string of the molecule is CCC(N=C(C)C)N=C(C)C. The van der Waals surface area contributed by atoms with Crippen molar-refractivity contribution in [1.82, 2.24) is 0 Å². The fourth-order valence-corrected chi connectivity index (χ4v) is 0.808. The van der Waals surface area contributed by atoms with Crippen molar-refractivity contribution in [3.8, 4) is 0 Å². The summed E-state index contributed by atoms with van der Waals surface area (Å²) in [7, 11) is 0. The standard InChI is InChI=1S/C9H18N2/c1-6-9(10-7(2)3)11-8(4)5/h9H,6H2,1-5H3. The molecular formula is C9H18N2. The molecule has 11 heavy (non-hydrogen) atoms. The molecule has 0 unspecified atom stereocenters. The first-order chi connectivity index (χ1) is 5.06. The second-order valence-electron chi connectivity index (χ2n) is 3.04. The van der Waals surface area contributed by atoms with Crippen LogP contribution in [0.1, 0.15) is 41.0 Å². The van der Waals surface area contributed by atoms with E-state index in [0.717, 1.165) is 17.8 Å². The first-order valence-electron chi connectivity index (χ1n) is 4.08. The second-order valence-corrected chi connectivity index (χ2v) is 3.04. The van der Waals surface area contributed by atoms with Crippen LogP contribution in [0.25, 0.3) is 0 Å². The smallest absolute Gasteiger partial charge is 0.139 e. The van der Waals surface area contributed by atoms with Gasteiger partial charge in [0.2, 0.25) is 0 Å². The van der Waals surface area contributed by atoms with Gasteiger partial charge in [-0.1, -0.05) is 6.92 Å². The predicted molar refractivity (Wildman–Crippen MR) is 51.6 cm³/mol. The molecule has 0 atom stereocenters. The van der Waals surface area contributed by atoms with Gasteiger partial charge >= 0.3 is 0 Å². The predicted octanol–water partition coefficient (Wildman–Crippen LogP) is 2.68. The van der Waals surface area contributed by atoms with E-state index in [4.69, 9.17) is 0 Å². The van der Waals surface area contributed by atoms with Crippen molar-refractivity contribution < 1.29 is 0 Å². The first-order valence-corrected chi connectivity index (χ1v) is 4.08. The minimum atomic E-state index is 0.144. The monoisotopic (exact) mass is 154 g/mol. The van der Waals surface area contributed by atoms with Gasteiger partial charge in [-0.25, -0.2) is 0 Å². The van der Waals surface area contributed by atoms with Crippen molar-refractivity contribution in [3.63, 3.8) is 0 Å². The zero-order valence-electron chi connectivity index (χ0n) is 8.18. The molecule has 0 bridgehead atoms. The van der Waals surface area contributed by atoms with Crippen molar-refractivity contribution in [1.29, 1.82) is 0 Å². The molecule has 0 amide bonds. The van der Waals surface area contributed by atoms with E-state index in [1.807, 2.05) is 27.7 Å². The summed E-state index contributed by atoms with van der Waals surface area (Å²) in [5.41, 5.74) is 2.20. The Hall–Kier alpha value is -0.660. The van der Waals surface area contributed by atoms with Gasteiger partial charge in [0.1, 0.15) is 6.17 Å². The Morgan fingerprint density at radius 2 is 1.36 bits per heavy atom. The molecule has 0 N–H and O–H groups in total. The highest BCUT2D eigenvalue weighted by Gasteiger charge is 1.98. The fraction of sp³-hybridized carbons (Fsp3) is 0.778. The van der Waals surface area contributed by atoms with Crippen molar-refractivity contribution in [3.05, 3.63) is 0 Å². The van der Waals surface area contributed by atoms with Crippen LogP contribution in [0.4, 0.5) is 0 Å². The van der Waals surface area contributed by atoms with Gasteiger partial charge < -0.3 is 0 Å². The summed E-state index contributed by atoms with van der Waals surface area (Å²) in [6.45, 7) is 10.1. The first kappa shape index (κ1) is 10.3. The molecule has 0 aliphatic heterocycles. The largest absolute Gasteiger partial charge is 0.268 e. The third kappa shape index (κ3) is 5.77. The molecule has 0 saturated carbocycles. The van der Waals surface area contributed by atoms with Crippen LogP contribution >= 0.6 is 0 Å². The molecule has 0 spiro atoms. The van der Waals surface area contributed by atoms with E-state index in [1.54, 1.807) is 0 Å². The molecule has 0 fully saturated rings. The van der Waals surface area contributed by atoms with Gasteiger partial charge in [-0.15, -0.1) is 0 Å². The van der Waals surface area contributed by atoms with Crippen LogP contribution in [0.3, 0.4) is 0 Å². The van der Waals surface area contributed by atoms with E-state index >= 15 is 0 Å². The van der Waals surface area contributed by atoms with Crippen LogP contribution in [0.5, 0.6) is 0 Å². The van der Waals surface area contributed by atoms with Crippen LogP contribution in [-0.4, -0.2) is 17.6 Å². The Bertz CT molecular complexity index is 142. The summed E-state index contributed by atoms with van der Waals surface area (Å²) in [5, 5.41) is 0. The maximum atomic E-state index is 4.36. The lowest BCUT2D eigenvalue weighted by atomic mass is 10.3.